The summed E-state index contributed by atoms with van der Waals surface area (Å²) in [6.07, 6.45) is 3.11. The smallest absolute Gasteiger partial charge is 0.423 e. The number of rotatable bonds is 3. The Bertz CT molecular complexity index is 838. The summed E-state index contributed by atoms with van der Waals surface area (Å²) < 4.78 is 26.6. The number of hydrogen-bond acceptors (Lipinski definition) is 3. The van der Waals surface area contributed by atoms with Gasteiger partial charge >= 0.3 is 7.12 Å². The lowest BCUT2D eigenvalue weighted by Crippen LogP contribution is -2.31. The normalized spacial score (nSPS) is 10.6. The maximum Gasteiger partial charge on any atom is 0.489 e. The SMILES string of the molecule is OB(O)c1ccc(F)cc1-c1cncc(-c2ccc(F)cc2)c1. The van der Waals surface area contributed by atoms with E-state index in [1.807, 2.05) is 0 Å². The predicted molar refractivity (Wildman–Crippen MR) is 84.9 cm³/mol. The van der Waals surface area contributed by atoms with Gasteiger partial charge in [0.25, 0.3) is 0 Å². The highest BCUT2D eigenvalue weighted by Gasteiger charge is 2.18. The minimum absolute atomic E-state index is 0.185. The molecule has 0 spiro atoms. The zero-order valence-electron chi connectivity index (χ0n) is 11.9. The van der Waals surface area contributed by atoms with E-state index in [1.165, 1.54) is 30.5 Å². The first-order valence-corrected chi connectivity index (χ1v) is 6.91. The second-order valence-electron chi connectivity index (χ2n) is 5.07. The van der Waals surface area contributed by atoms with Crippen molar-refractivity contribution in [3.05, 3.63) is 72.6 Å². The molecule has 3 rings (SSSR count). The first-order chi connectivity index (χ1) is 11.0. The van der Waals surface area contributed by atoms with Crippen LogP contribution in [0.2, 0.25) is 0 Å². The summed E-state index contributed by atoms with van der Waals surface area (Å²) >= 11 is 0. The van der Waals surface area contributed by atoms with Crippen molar-refractivity contribution in [2.45, 2.75) is 0 Å². The molecule has 3 nitrogen and oxygen atoms in total. The summed E-state index contributed by atoms with van der Waals surface area (Å²) in [6.45, 7) is 0. The van der Waals surface area contributed by atoms with Gasteiger partial charge in [-0.05, 0) is 46.9 Å². The van der Waals surface area contributed by atoms with Crippen LogP contribution < -0.4 is 5.46 Å². The molecule has 3 aromatic rings. The van der Waals surface area contributed by atoms with Gasteiger partial charge in [-0.15, -0.1) is 0 Å². The maximum atomic E-state index is 13.5. The van der Waals surface area contributed by atoms with Gasteiger partial charge in [0.1, 0.15) is 11.6 Å². The van der Waals surface area contributed by atoms with Gasteiger partial charge in [0.2, 0.25) is 0 Å². The number of halogens is 2. The van der Waals surface area contributed by atoms with E-state index < -0.39 is 12.9 Å². The first-order valence-electron chi connectivity index (χ1n) is 6.91. The maximum absolute atomic E-state index is 13.5. The van der Waals surface area contributed by atoms with Gasteiger partial charge in [-0.2, -0.15) is 0 Å². The molecule has 0 unspecified atom stereocenters. The minimum Gasteiger partial charge on any atom is -0.423 e. The molecule has 23 heavy (non-hydrogen) atoms. The van der Waals surface area contributed by atoms with Crippen LogP contribution in [0.4, 0.5) is 8.78 Å². The van der Waals surface area contributed by atoms with Gasteiger partial charge in [-0.1, -0.05) is 18.2 Å². The number of nitrogens with zero attached hydrogens (tertiary/aromatic N) is 1. The number of aromatic nitrogens is 1. The Morgan fingerprint density at radius 2 is 1.39 bits per heavy atom. The van der Waals surface area contributed by atoms with Crippen LogP contribution in [0.15, 0.2) is 60.9 Å². The highest BCUT2D eigenvalue weighted by Crippen LogP contribution is 2.25. The van der Waals surface area contributed by atoms with Crippen molar-refractivity contribution < 1.29 is 18.8 Å². The molecule has 2 aromatic carbocycles. The van der Waals surface area contributed by atoms with Crippen LogP contribution in [0.25, 0.3) is 22.3 Å². The van der Waals surface area contributed by atoms with E-state index in [0.29, 0.717) is 16.7 Å². The molecule has 0 aliphatic rings. The number of hydrogen-bond donors (Lipinski definition) is 2. The zero-order valence-corrected chi connectivity index (χ0v) is 11.9. The molecule has 0 bridgehead atoms. The third kappa shape index (κ3) is 3.28. The van der Waals surface area contributed by atoms with E-state index in [-0.39, 0.29) is 11.3 Å². The molecule has 2 N–H and O–H groups in total. The van der Waals surface area contributed by atoms with Crippen LogP contribution in [0.1, 0.15) is 0 Å². The van der Waals surface area contributed by atoms with Crippen molar-refractivity contribution in [2.75, 3.05) is 0 Å². The molecule has 0 amide bonds. The monoisotopic (exact) mass is 311 g/mol. The minimum atomic E-state index is -1.72. The van der Waals surface area contributed by atoms with Crippen LogP contribution in [-0.2, 0) is 0 Å². The molecule has 1 heterocycles. The Labute approximate surface area is 132 Å². The molecule has 0 saturated carbocycles. The summed E-state index contributed by atoms with van der Waals surface area (Å²) in [5.74, 6) is -0.828. The highest BCUT2D eigenvalue weighted by atomic mass is 19.1. The first kappa shape index (κ1) is 15.3. The van der Waals surface area contributed by atoms with Gasteiger partial charge in [0, 0.05) is 23.5 Å². The number of pyridine rings is 1. The molecule has 0 radical (unpaired) electrons. The largest absolute Gasteiger partial charge is 0.489 e. The Balaban J connectivity index is 2.10. The van der Waals surface area contributed by atoms with Gasteiger partial charge in [-0.25, -0.2) is 8.78 Å². The van der Waals surface area contributed by atoms with Crippen molar-refractivity contribution >= 4 is 12.6 Å². The standard InChI is InChI=1S/C17H12BF2NO2/c19-14-3-1-11(2-4-14)12-7-13(10-21-9-12)16-8-15(20)5-6-17(16)18(22)23/h1-10,22-23H. The lowest BCUT2D eigenvalue weighted by atomic mass is 9.75. The Morgan fingerprint density at radius 1 is 0.739 bits per heavy atom. The lowest BCUT2D eigenvalue weighted by Gasteiger charge is -2.10. The Morgan fingerprint density at radius 3 is 2.09 bits per heavy atom. The molecular formula is C17H12BF2NO2. The summed E-state index contributed by atoms with van der Waals surface area (Å²) in [7, 11) is -1.72. The summed E-state index contributed by atoms with van der Waals surface area (Å²) in [4.78, 5) is 4.11. The molecule has 6 heteroatoms. The third-order valence-corrected chi connectivity index (χ3v) is 3.52. The van der Waals surface area contributed by atoms with E-state index in [0.717, 1.165) is 11.6 Å². The van der Waals surface area contributed by atoms with Crippen molar-refractivity contribution in [1.82, 2.24) is 4.98 Å². The van der Waals surface area contributed by atoms with Crippen LogP contribution in [0.3, 0.4) is 0 Å². The Hall–Kier alpha value is -2.57. The van der Waals surface area contributed by atoms with Crippen molar-refractivity contribution in [3.8, 4) is 22.3 Å². The van der Waals surface area contributed by atoms with Crippen molar-refractivity contribution in [3.63, 3.8) is 0 Å². The highest BCUT2D eigenvalue weighted by molar-refractivity contribution is 6.60. The second-order valence-corrected chi connectivity index (χ2v) is 5.07. The van der Waals surface area contributed by atoms with Gasteiger partial charge < -0.3 is 10.0 Å². The van der Waals surface area contributed by atoms with E-state index in [2.05, 4.69) is 4.98 Å². The topological polar surface area (TPSA) is 53.4 Å². The van der Waals surface area contributed by atoms with Crippen LogP contribution in [0, 0.1) is 11.6 Å². The fourth-order valence-electron chi connectivity index (χ4n) is 2.39. The second kappa shape index (κ2) is 6.28. The quantitative estimate of drug-likeness (QED) is 0.730. The summed E-state index contributed by atoms with van der Waals surface area (Å²) in [5.41, 5.74) is 2.53. The fraction of sp³-hybridized carbons (Fsp3) is 0. The zero-order chi connectivity index (χ0) is 16.4. The molecule has 114 valence electrons. The van der Waals surface area contributed by atoms with Crippen LogP contribution in [-0.4, -0.2) is 22.2 Å². The average Bonchev–Trinajstić information content (AvgIpc) is 2.55. The molecule has 0 fully saturated rings. The van der Waals surface area contributed by atoms with Crippen molar-refractivity contribution in [1.29, 1.82) is 0 Å². The van der Waals surface area contributed by atoms with Crippen LogP contribution >= 0.6 is 0 Å². The van der Waals surface area contributed by atoms with Gasteiger partial charge in [-0.3, -0.25) is 4.98 Å². The third-order valence-electron chi connectivity index (χ3n) is 3.52. The van der Waals surface area contributed by atoms with Crippen LogP contribution in [0.5, 0.6) is 0 Å². The molecule has 0 atom stereocenters. The van der Waals surface area contributed by atoms with E-state index in [1.54, 1.807) is 24.4 Å². The summed E-state index contributed by atoms with van der Waals surface area (Å²) in [6, 6.07) is 11.4. The van der Waals surface area contributed by atoms with E-state index in [4.69, 9.17) is 0 Å². The molecule has 0 aliphatic carbocycles. The predicted octanol–water partition coefficient (Wildman–Crippen LogP) is 2.37. The molecular weight excluding hydrogens is 299 g/mol. The Kier molecular flexibility index (Phi) is 4.19. The molecule has 1 aromatic heterocycles. The molecule has 0 saturated heterocycles. The summed E-state index contributed by atoms with van der Waals surface area (Å²) in [5, 5.41) is 18.9. The van der Waals surface area contributed by atoms with Gasteiger partial charge in [0.15, 0.2) is 0 Å². The number of benzene rings is 2. The molecule has 0 aliphatic heterocycles. The van der Waals surface area contributed by atoms with E-state index >= 15 is 0 Å². The lowest BCUT2D eigenvalue weighted by molar-refractivity contribution is 0.426. The van der Waals surface area contributed by atoms with E-state index in [9.17, 15) is 18.8 Å². The van der Waals surface area contributed by atoms with Gasteiger partial charge in [0.05, 0.1) is 0 Å². The average molecular weight is 311 g/mol. The van der Waals surface area contributed by atoms with Crippen molar-refractivity contribution in [2.24, 2.45) is 0 Å². The fourth-order valence-corrected chi connectivity index (χ4v) is 2.39.